The maximum absolute atomic E-state index is 13.2. The Hall–Kier alpha value is -1.33. The van der Waals surface area contributed by atoms with Crippen molar-refractivity contribution in [3.63, 3.8) is 0 Å². The SMILES string of the molecule is COCCn1c(N)nc2cc(F)c(Cl)cc21. The van der Waals surface area contributed by atoms with Gasteiger partial charge in [0.05, 0.1) is 22.7 Å². The number of fused-ring (bicyclic) bond motifs is 1. The number of benzene rings is 1. The quantitative estimate of drug-likeness (QED) is 0.898. The third kappa shape index (κ3) is 1.83. The highest BCUT2D eigenvalue weighted by Crippen LogP contribution is 2.24. The molecule has 0 aliphatic carbocycles. The highest BCUT2D eigenvalue weighted by atomic mass is 35.5. The molecule has 0 spiro atoms. The summed E-state index contributed by atoms with van der Waals surface area (Å²) in [6, 6.07) is 2.79. The van der Waals surface area contributed by atoms with Crippen molar-refractivity contribution in [2.24, 2.45) is 0 Å². The topological polar surface area (TPSA) is 53.1 Å². The summed E-state index contributed by atoms with van der Waals surface area (Å²) >= 11 is 5.71. The van der Waals surface area contributed by atoms with E-state index in [0.717, 1.165) is 0 Å². The minimum Gasteiger partial charge on any atom is -0.383 e. The normalized spacial score (nSPS) is 11.2. The van der Waals surface area contributed by atoms with E-state index < -0.39 is 5.82 Å². The van der Waals surface area contributed by atoms with Gasteiger partial charge in [0.1, 0.15) is 5.82 Å². The van der Waals surface area contributed by atoms with E-state index >= 15 is 0 Å². The Bertz CT molecular complexity index is 526. The number of imidazole rings is 1. The molecule has 6 heteroatoms. The smallest absolute Gasteiger partial charge is 0.201 e. The molecule has 1 aromatic carbocycles. The van der Waals surface area contributed by atoms with Crippen LogP contribution in [-0.4, -0.2) is 23.3 Å². The van der Waals surface area contributed by atoms with Gasteiger partial charge >= 0.3 is 0 Å². The van der Waals surface area contributed by atoms with Crippen molar-refractivity contribution in [1.29, 1.82) is 0 Å². The van der Waals surface area contributed by atoms with Crippen molar-refractivity contribution < 1.29 is 9.13 Å². The van der Waals surface area contributed by atoms with E-state index in [-0.39, 0.29) is 5.02 Å². The number of anilines is 1. The first-order valence-corrected chi connectivity index (χ1v) is 5.11. The molecule has 0 fully saturated rings. The van der Waals surface area contributed by atoms with E-state index in [1.54, 1.807) is 11.7 Å². The second-order valence-electron chi connectivity index (χ2n) is 3.37. The molecule has 2 aromatic rings. The Morgan fingerprint density at radius 3 is 3.00 bits per heavy atom. The van der Waals surface area contributed by atoms with E-state index in [0.29, 0.717) is 30.1 Å². The van der Waals surface area contributed by atoms with Gasteiger partial charge in [-0.3, -0.25) is 0 Å². The van der Waals surface area contributed by atoms with Gasteiger partial charge in [-0.25, -0.2) is 9.37 Å². The van der Waals surface area contributed by atoms with E-state index in [4.69, 9.17) is 22.1 Å². The monoisotopic (exact) mass is 243 g/mol. The summed E-state index contributed by atoms with van der Waals surface area (Å²) < 4.78 is 19.9. The first kappa shape index (κ1) is 11.2. The lowest BCUT2D eigenvalue weighted by molar-refractivity contribution is 0.189. The van der Waals surface area contributed by atoms with Crippen LogP contribution in [0.4, 0.5) is 10.3 Å². The van der Waals surface area contributed by atoms with Gasteiger partial charge in [-0.05, 0) is 6.07 Å². The minimum atomic E-state index is -0.495. The molecule has 1 aromatic heterocycles. The minimum absolute atomic E-state index is 0.0612. The molecular weight excluding hydrogens is 233 g/mol. The molecule has 0 saturated heterocycles. The Morgan fingerprint density at radius 1 is 1.56 bits per heavy atom. The van der Waals surface area contributed by atoms with Crippen LogP contribution in [0.5, 0.6) is 0 Å². The summed E-state index contributed by atoms with van der Waals surface area (Å²) in [5.41, 5.74) is 6.93. The van der Waals surface area contributed by atoms with Crippen LogP contribution in [0.15, 0.2) is 12.1 Å². The van der Waals surface area contributed by atoms with Crippen molar-refractivity contribution in [3.8, 4) is 0 Å². The zero-order valence-corrected chi connectivity index (χ0v) is 9.46. The van der Waals surface area contributed by atoms with Crippen molar-refractivity contribution in [3.05, 3.63) is 23.0 Å². The fourth-order valence-corrected chi connectivity index (χ4v) is 1.71. The molecule has 0 unspecified atom stereocenters. The molecule has 0 amide bonds. The van der Waals surface area contributed by atoms with Gasteiger partial charge < -0.3 is 15.0 Å². The number of ether oxygens (including phenoxy) is 1. The van der Waals surface area contributed by atoms with Gasteiger partial charge in [-0.15, -0.1) is 0 Å². The molecule has 86 valence electrons. The number of rotatable bonds is 3. The fourth-order valence-electron chi connectivity index (χ4n) is 1.56. The average Bonchev–Trinajstić information content (AvgIpc) is 2.52. The first-order chi connectivity index (χ1) is 7.63. The van der Waals surface area contributed by atoms with Crippen molar-refractivity contribution in [2.45, 2.75) is 6.54 Å². The van der Waals surface area contributed by atoms with Gasteiger partial charge in [0, 0.05) is 19.7 Å². The lowest BCUT2D eigenvalue weighted by atomic mass is 10.3. The average molecular weight is 244 g/mol. The summed E-state index contributed by atoms with van der Waals surface area (Å²) in [5.74, 6) is -0.167. The number of nitrogens with zero attached hydrogens (tertiary/aromatic N) is 2. The summed E-state index contributed by atoms with van der Waals surface area (Å²) in [6.45, 7) is 1.06. The van der Waals surface area contributed by atoms with Crippen molar-refractivity contribution >= 4 is 28.6 Å². The maximum Gasteiger partial charge on any atom is 0.201 e. The molecule has 0 saturated carbocycles. The predicted octanol–water partition coefficient (Wildman–Crippen LogP) is 2.06. The van der Waals surface area contributed by atoms with Gasteiger partial charge in [0.15, 0.2) is 0 Å². The highest BCUT2D eigenvalue weighted by molar-refractivity contribution is 6.31. The molecule has 0 aliphatic heterocycles. The predicted molar refractivity (Wildman–Crippen MR) is 61.0 cm³/mol. The molecule has 1 heterocycles. The Balaban J connectivity index is 2.55. The van der Waals surface area contributed by atoms with Crippen LogP contribution in [0.1, 0.15) is 0 Å². The van der Waals surface area contributed by atoms with E-state index in [1.165, 1.54) is 12.1 Å². The number of nitrogen functional groups attached to an aromatic ring is 1. The number of halogens is 2. The van der Waals surface area contributed by atoms with E-state index in [1.807, 2.05) is 0 Å². The standard InChI is InChI=1S/C10H11ClFN3O/c1-16-3-2-15-9-4-6(11)7(12)5-8(9)14-10(15)13/h4-5H,2-3H2,1H3,(H2,13,14). The van der Waals surface area contributed by atoms with Crippen molar-refractivity contribution in [1.82, 2.24) is 9.55 Å². The fraction of sp³-hybridized carbons (Fsp3) is 0.300. The second kappa shape index (κ2) is 4.27. The molecule has 0 radical (unpaired) electrons. The molecule has 2 rings (SSSR count). The summed E-state index contributed by atoms with van der Waals surface area (Å²) in [7, 11) is 1.60. The summed E-state index contributed by atoms with van der Waals surface area (Å²) in [4.78, 5) is 4.05. The first-order valence-electron chi connectivity index (χ1n) is 4.73. The summed E-state index contributed by atoms with van der Waals surface area (Å²) in [5, 5.41) is 0.0612. The summed E-state index contributed by atoms with van der Waals surface area (Å²) in [6.07, 6.45) is 0. The van der Waals surface area contributed by atoms with Crippen LogP contribution in [0, 0.1) is 5.82 Å². The van der Waals surface area contributed by atoms with Gasteiger partial charge in [-0.1, -0.05) is 11.6 Å². The lowest BCUT2D eigenvalue weighted by Gasteiger charge is -2.05. The lowest BCUT2D eigenvalue weighted by Crippen LogP contribution is -2.07. The van der Waals surface area contributed by atoms with E-state index in [2.05, 4.69) is 4.98 Å². The van der Waals surface area contributed by atoms with Crippen molar-refractivity contribution in [2.75, 3.05) is 19.5 Å². The molecule has 0 bridgehead atoms. The zero-order valence-electron chi connectivity index (χ0n) is 8.70. The number of aromatic nitrogens is 2. The molecule has 0 aliphatic rings. The number of hydrogen-bond acceptors (Lipinski definition) is 3. The van der Waals surface area contributed by atoms with Crippen LogP contribution < -0.4 is 5.73 Å². The Labute approximate surface area is 96.8 Å². The number of hydrogen-bond donors (Lipinski definition) is 1. The third-order valence-electron chi connectivity index (χ3n) is 2.34. The second-order valence-corrected chi connectivity index (χ2v) is 3.78. The van der Waals surface area contributed by atoms with E-state index in [9.17, 15) is 4.39 Å². The maximum atomic E-state index is 13.2. The van der Waals surface area contributed by atoms with Gasteiger partial charge in [-0.2, -0.15) is 0 Å². The Kier molecular flexibility index (Phi) is 2.98. The van der Waals surface area contributed by atoms with Crippen LogP contribution >= 0.6 is 11.6 Å². The largest absolute Gasteiger partial charge is 0.383 e. The molecule has 16 heavy (non-hydrogen) atoms. The molecule has 4 nitrogen and oxygen atoms in total. The molecule has 2 N–H and O–H groups in total. The highest BCUT2D eigenvalue weighted by Gasteiger charge is 2.11. The molecule has 0 atom stereocenters. The Morgan fingerprint density at radius 2 is 2.31 bits per heavy atom. The van der Waals surface area contributed by atoms with Crippen LogP contribution in [-0.2, 0) is 11.3 Å². The van der Waals surface area contributed by atoms with Gasteiger partial charge in [0.25, 0.3) is 0 Å². The van der Waals surface area contributed by atoms with Crippen LogP contribution in [0.3, 0.4) is 0 Å². The van der Waals surface area contributed by atoms with Crippen LogP contribution in [0.2, 0.25) is 5.02 Å². The molecular formula is C10H11ClFN3O. The number of nitrogens with two attached hydrogens (primary N) is 1. The zero-order chi connectivity index (χ0) is 11.7. The third-order valence-corrected chi connectivity index (χ3v) is 2.63. The van der Waals surface area contributed by atoms with Gasteiger partial charge in [0.2, 0.25) is 5.95 Å². The van der Waals surface area contributed by atoms with Crippen LogP contribution in [0.25, 0.3) is 11.0 Å². The number of methoxy groups -OCH3 is 1.